The first-order chi connectivity index (χ1) is 9.65. The van der Waals surface area contributed by atoms with Crippen LogP contribution >= 0.6 is 0 Å². The van der Waals surface area contributed by atoms with Crippen LogP contribution in [-0.4, -0.2) is 23.3 Å². The van der Waals surface area contributed by atoms with Gasteiger partial charge >= 0.3 is 5.97 Å². The third-order valence-corrected chi connectivity index (χ3v) is 3.19. The highest BCUT2D eigenvalue weighted by atomic mass is 16.6. The number of ether oxygens (including phenoxy) is 1. The zero-order valence-corrected chi connectivity index (χ0v) is 11.8. The van der Waals surface area contributed by atoms with Crippen molar-refractivity contribution in [2.24, 2.45) is 4.99 Å². The Morgan fingerprint density at radius 3 is 2.65 bits per heavy atom. The predicted molar refractivity (Wildman–Crippen MR) is 77.8 cm³/mol. The van der Waals surface area contributed by atoms with E-state index >= 15 is 0 Å². The molecule has 0 aromatic heterocycles. The molecule has 1 aliphatic heterocycles. The molecule has 1 aromatic carbocycles. The van der Waals surface area contributed by atoms with Crippen LogP contribution in [0.3, 0.4) is 0 Å². The van der Waals surface area contributed by atoms with Gasteiger partial charge in [-0.2, -0.15) is 0 Å². The van der Waals surface area contributed by atoms with Gasteiger partial charge in [0.05, 0.1) is 5.71 Å². The van der Waals surface area contributed by atoms with Crippen LogP contribution in [0.25, 0.3) is 0 Å². The van der Waals surface area contributed by atoms with Gasteiger partial charge in [0, 0.05) is 6.54 Å². The number of nitrogens with zero attached hydrogens (tertiary/aromatic N) is 1. The van der Waals surface area contributed by atoms with Gasteiger partial charge in [0.25, 0.3) is 0 Å². The van der Waals surface area contributed by atoms with Gasteiger partial charge in [-0.1, -0.05) is 43.7 Å². The van der Waals surface area contributed by atoms with Crippen molar-refractivity contribution in [3.8, 4) is 0 Å². The number of carbonyl (C=O) groups excluding carboxylic acids is 1. The van der Waals surface area contributed by atoms with Gasteiger partial charge in [-0.05, 0) is 18.9 Å². The summed E-state index contributed by atoms with van der Waals surface area (Å²) in [7, 11) is 0. The van der Waals surface area contributed by atoms with E-state index in [2.05, 4.69) is 11.9 Å². The highest BCUT2D eigenvalue weighted by molar-refractivity contribution is 6.26. The minimum atomic E-state index is -0.516. The monoisotopic (exact) mass is 273 g/mol. The number of hydrogen-bond acceptors (Lipinski definition) is 4. The van der Waals surface area contributed by atoms with Crippen LogP contribution in [0.15, 0.2) is 46.7 Å². The average Bonchev–Trinajstić information content (AvgIpc) is 2.77. The molecule has 20 heavy (non-hydrogen) atoms. The van der Waals surface area contributed by atoms with Gasteiger partial charge in [-0.3, -0.25) is 4.99 Å². The van der Waals surface area contributed by atoms with E-state index in [0.717, 1.165) is 18.4 Å². The maximum absolute atomic E-state index is 11.9. The Balaban J connectivity index is 2.39. The number of carbonyl (C=O) groups is 1. The van der Waals surface area contributed by atoms with Gasteiger partial charge in [0.1, 0.15) is 11.3 Å². The molecule has 1 aromatic rings. The Morgan fingerprint density at radius 1 is 1.35 bits per heavy atom. The summed E-state index contributed by atoms with van der Waals surface area (Å²) in [5, 5.41) is 9.71. The molecule has 0 unspecified atom stereocenters. The summed E-state index contributed by atoms with van der Waals surface area (Å²) >= 11 is 0. The summed E-state index contributed by atoms with van der Waals surface area (Å²) in [6.07, 6.45) is 1.45. The highest BCUT2D eigenvalue weighted by Gasteiger charge is 2.38. The molecule has 0 amide bonds. The van der Waals surface area contributed by atoms with Crippen molar-refractivity contribution in [2.75, 3.05) is 6.54 Å². The lowest BCUT2D eigenvalue weighted by atomic mass is 10.0. The lowest BCUT2D eigenvalue weighted by molar-refractivity contribution is -0.138. The smallest absolute Gasteiger partial charge is 0.344 e. The first-order valence-electron chi connectivity index (χ1n) is 6.85. The molecule has 2 rings (SSSR count). The number of aliphatic hydroxyl groups is 1. The number of aliphatic hydroxyl groups excluding tert-OH is 1. The van der Waals surface area contributed by atoms with Crippen LogP contribution in [0.1, 0.15) is 38.4 Å². The molecule has 1 saturated heterocycles. The molecule has 106 valence electrons. The number of allylic oxidation sites excluding steroid dienone is 1. The summed E-state index contributed by atoms with van der Waals surface area (Å²) in [5.41, 5.74) is 1.61. The summed E-state index contributed by atoms with van der Waals surface area (Å²) in [6.45, 7) is 4.20. The first-order valence-corrected chi connectivity index (χ1v) is 6.85. The fraction of sp³-hybridized carbons (Fsp3) is 0.375. The summed E-state index contributed by atoms with van der Waals surface area (Å²) < 4.78 is 5.38. The number of benzene rings is 1. The zero-order chi connectivity index (χ0) is 14.5. The van der Waals surface area contributed by atoms with Crippen molar-refractivity contribution in [2.45, 2.75) is 32.8 Å². The van der Waals surface area contributed by atoms with Crippen molar-refractivity contribution >= 4 is 11.7 Å². The number of aliphatic imine (C=N–C) groups is 1. The topological polar surface area (TPSA) is 58.9 Å². The number of unbranched alkanes of at least 4 members (excludes halogenated alkanes) is 1. The second-order valence-corrected chi connectivity index (χ2v) is 4.78. The fourth-order valence-corrected chi connectivity index (χ4v) is 2.16. The Bertz CT molecular complexity index is 542. The molecule has 1 N–H and O–H groups in total. The SMILES string of the molecule is CCCCN=C1C(=C(C)O)C(=O)O[C@@H]1c1ccccc1. The molecule has 0 saturated carbocycles. The van der Waals surface area contributed by atoms with E-state index in [4.69, 9.17) is 4.74 Å². The number of esters is 1. The van der Waals surface area contributed by atoms with Gasteiger partial charge in [0.2, 0.25) is 0 Å². The number of cyclic esters (lactones) is 1. The van der Waals surface area contributed by atoms with E-state index in [1.54, 1.807) is 0 Å². The molecule has 4 heteroatoms. The van der Waals surface area contributed by atoms with Crippen LogP contribution in [0, 0.1) is 0 Å². The molecular formula is C16H19NO3. The fourth-order valence-electron chi connectivity index (χ4n) is 2.16. The maximum Gasteiger partial charge on any atom is 0.344 e. The standard InChI is InChI=1S/C16H19NO3/c1-3-4-10-17-14-13(11(2)18)16(19)20-15(14)12-8-6-5-7-9-12/h5-9,15,18H,3-4,10H2,1-2H3/t15-/m1/s1. The average molecular weight is 273 g/mol. The molecule has 0 spiro atoms. The van der Waals surface area contributed by atoms with Crippen LogP contribution in [0.4, 0.5) is 0 Å². The van der Waals surface area contributed by atoms with Gasteiger partial charge in [0.15, 0.2) is 6.10 Å². The van der Waals surface area contributed by atoms with E-state index in [1.165, 1.54) is 6.92 Å². The van der Waals surface area contributed by atoms with E-state index in [0.29, 0.717) is 12.3 Å². The molecule has 0 aliphatic carbocycles. The van der Waals surface area contributed by atoms with E-state index in [9.17, 15) is 9.90 Å². The largest absolute Gasteiger partial charge is 0.512 e. The number of rotatable bonds is 4. The molecule has 0 bridgehead atoms. The summed E-state index contributed by atoms with van der Waals surface area (Å²) in [4.78, 5) is 16.4. The van der Waals surface area contributed by atoms with Crippen LogP contribution in [-0.2, 0) is 9.53 Å². The second kappa shape index (κ2) is 6.37. The molecular weight excluding hydrogens is 254 g/mol. The van der Waals surface area contributed by atoms with Gasteiger partial charge in [-0.15, -0.1) is 0 Å². The quantitative estimate of drug-likeness (QED) is 0.396. The lowest BCUT2D eigenvalue weighted by Gasteiger charge is -2.10. The Hall–Kier alpha value is -2.10. The van der Waals surface area contributed by atoms with Gasteiger partial charge < -0.3 is 9.84 Å². The Kier molecular flexibility index (Phi) is 4.56. The molecule has 1 aliphatic rings. The molecule has 4 nitrogen and oxygen atoms in total. The van der Waals surface area contributed by atoms with Crippen LogP contribution in [0.5, 0.6) is 0 Å². The van der Waals surface area contributed by atoms with Crippen molar-refractivity contribution in [1.29, 1.82) is 0 Å². The Labute approximate surface area is 118 Å². The minimum absolute atomic E-state index is 0.0383. The van der Waals surface area contributed by atoms with Crippen molar-refractivity contribution in [1.82, 2.24) is 0 Å². The normalized spacial score (nSPS) is 23.0. The van der Waals surface area contributed by atoms with Crippen molar-refractivity contribution in [3.05, 3.63) is 47.2 Å². The first kappa shape index (κ1) is 14.3. The molecule has 1 atom stereocenters. The summed E-state index contributed by atoms with van der Waals surface area (Å²) in [5.74, 6) is -0.544. The Morgan fingerprint density at radius 2 is 2.05 bits per heavy atom. The molecule has 1 fully saturated rings. The second-order valence-electron chi connectivity index (χ2n) is 4.78. The summed E-state index contributed by atoms with van der Waals surface area (Å²) in [6, 6.07) is 9.47. The third kappa shape index (κ3) is 2.90. The van der Waals surface area contributed by atoms with E-state index in [-0.39, 0.29) is 11.3 Å². The lowest BCUT2D eigenvalue weighted by Crippen LogP contribution is -2.10. The van der Waals surface area contributed by atoms with Crippen LogP contribution < -0.4 is 0 Å². The van der Waals surface area contributed by atoms with Gasteiger partial charge in [-0.25, -0.2) is 4.79 Å². The predicted octanol–water partition coefficient (Wildman–Crippen LogP) is 3.36. The zero-order valence-electron chi connectivity index (χ0n) is 11.8. The van der Waals surface area contributed by atoms with E-state index in [1.807, 2.05) is 30.3 Å². The number of hydrogen-bond donors (Lipinski definition) is 1. The van der Waals surface area contributed by atoms with Crippen molar-refractivity contribution < 1.29 is 14.6 Å². The highest BCUT2D eigenvalue weighted by Crippen LogP contribution is 2.32. The maximum atomic E-state index is 11.9. The molecule has 0 radical (unpaired) electrons. The minimum Gasteiger partial charge on any atom is -0.512 e. The third-order valence-electron chi connectivity index (χ3n) is 3.19. The van der Waals surface area contributed by atoms with E-state index < -0.39 is 12.1 Å². The molecule has 1 heterocycles. The van der Waals surface area contributed by atoms with Crippen molar-refractivity contribution in [3.63, 3.8) is 0 Å². The van der Waals surface area contributed by atoms with Crippen LogP contribution in [0.2, 0.25) is 0 Å².